The minimum atomic E-state index is -1.31. The molecule has 0 spiro atoms. The van der Waals surface area contributed by atoms with Crippen LogP contribution in [0.3, 0.4) is 0 Å². The summed E-state index contributed by atoms with van der Waals surface area (Å²) in [5.74, 6) is -1.93. The minimum Gasteiger partial charge on any atom is -0.455 e. The average Bonchev–Trinajstić information content (AvgIpc) is 3.39. The molecular formula is C24H24ClN3O5. The van der Waals surface area contributed by atoms with Gasteiger partial charge in [-0.05, 0) is 43.0 Å². The van der Waals surface area contributed by atoms with Crippen LogP contribution >= 0.6 is 11.6 Å². The van der Waals surface area contributed by atoms with E-state index in [9.17, 15) is 19.2 Å². The monoisotopic (exact) mass is 469 g/mol. The van der Waals surface area contributed by atoms with E-state index in [1.165, 1.54) is 0 Å². The Bertz CT molecular complexity index is 1080. The fourth-order valence-electron chi connectivity index (χ4n) is 4.49. The van der Waals surface area contributed by atoms with E-state index in [4.69, 9.17) is 16.3 Å². The minimum absolute atomic E-state index is 0.510. The van der Waals surface area contributed by atoms with Gasteiger partial charge in [0.15, 0.2) is 6.61 Å². The highest BCUT2D eigenvalue weighted by Crippen LogP contribution is 2.42. The van der Waals surface area contributed by atoms with E-state index in [1.807, 2.05) is 0 Å². The van der Waals surface area contributed by atoms with E-state index in [1.54, 1.807) is 61.5 Å². The third-order valence-electron chi connectivity index (χ3n) is 6.36. The Balaban J connectivity index is 1.41. The summed E-state index contributed by atoms with van der Waals surface area (Å²) in [4.78, 5) is 50.8. The van der Waals surface area contributed by atoms with Crippen LogP contribution in [0.1, 0.15) is 43.7 Å². The summed E-state index contributed by atoms with van der Waals surface area (Å²) in [5, 5.41) is 3.78. The molecule has 1 heterocycles. The maximum atomic E-state index is 13.0. The summed E-state index contributed by atoms with van der Waals surface area (Å²) in [6, 6.07) is 15.0. The van der Waals surface area contributed by atoms with Crippen LogP contribution in [0, 0.1) is 0 Å². The van der Waals surface area contributed by atoms with Gasteiger partial charge in [0.05, 0.1) is 5.41 Å². The molecule has 2 aromatic rings. The first kappa shape index (κ1) is 22.8. The van der Waals surface area contributed by atoms with E-state index in [-0.39, 0.29) is 0 Å². The summed E-state index contributed by atoms with van der Waals surface area (Å²) in [7, 11) is 0. The maximum Gasteiger partial charge on any atom is 0.344 e. The molecule has 1 atom stereocenters. The molecule has 33 heavy (non-hydrogen) atoms. The van der Waals surface area contributed by atoms with Crippen LogP contribution in [0.5, 0.6) is 0 Å². The van der Waals surface area contributed by atoms with Crippen LogP contribution in [-0.4, -0.2) is 35.4 Å². The van der Waals surface area contributed by atoms with Gasteiger partial charge in [-0.3, -0.25) is 19.8 Å². The number of rotatable bonds is 6. The molecule has 4 amide bonds. The highest BCUT2D eigenvalue weighted by atomic mass is 35.5. The molecule has 1 unspecified atom stereocenters. The number of ether oxygens (including phenoxy) is 1. The van der Waals surface area contributed by atoms with Crippen molar-refractivity contribution in [3.8, 4) is 0 Å². The third-order valence-corrected chi connectivity index (χ3v) is 6.61. The molecule has 9 heteroatoms. The first-order valence-corrected chi connectivity index (χ1v) is 11.1. The third kappa shape index (κ3) is 4.18. The first-order chi connectivity index (χ1) is 15.8. The van der Waals surface area contributed by atoms with E-state index in [2.05, 4.69) is 10.7 Å². The molecule has 1 saturated carbocycles. The molecule has 0 radical (unpaired) electrons. The second kappa shape index (κ2) is 8.86. The number of amides is 4. The van der Waals surface area contributed by atoms with Crippen LogP contribution in [0.15, 0.2) is 54.6 Å². The number of nitrogens with one attached hydrogen (secondary N) is 2. The fourth-order valence-corrected chi connectivity index (χ4v) is 4.62. The second-order valence-corrected chi connectivity index (χ2v) is 8.91. The number of hydrogen-bond acceptors (Lipinski definition) is 5. The molecule has 2 aromatic carbocycles. The maximum absolute atomic E-state index is 13.0. The summed E-state index contributed by atoms with van der Waals surface area (Å²) >= 11 is 5.98. The summed E-state index contributed by atoms with van der Waals surface area (Å²) < 4.78 is 5.34. The van der Waals surface area contributed by atoms with Crippen molar-refractivity contribution in [1.82, 2.24) is 15.8 Å². The lowest BCUT2D eigenvalue weighted by Crippen LogP contribution is -2.49. The highest BCUT2D eigenvalue weighted by molar-refractivity contribution is 6.30. The Morgan fingerprint density at radius 3 is 2.30 bits per heavy atom. The molecule has 1 aliphatic heterocycles. The number of nitrogens with zero attached hydrogens (tertiary/aromatic N) is 1. The zero-order valence-electron chi connectivity index (χ0n) is 18.1. The van der Waals surface area contributed by atoms with Crippen LogP contribution in [-0.2, 0) is 30.1 Å². The van der Waals surface area contributed by atoms with Gasteiger partial charge in [-0.2, -0.15) is 5.01 Å². The van der Waals surface area contributed by atoms with Crippen LogP contribution in [0.2, 0.25) is 5.02 Å². The summed E-state index contributed by atoms with van der Waals surface area (Å²) in [6.07, 6.45) is 2.95. The van der Waals surface area contributed by atoms with Crippen molar-refractivity contribution in [3.63, 3.8) is 0 Å². The molecule has 172 valence electrons. The number of esters is 1. The lowest BCUT2D eigenvalue weighted by atomic mass is 9.79. The van der Waals surface area contributed by atoms with Crippen molar-refractivity contribution in [3.05, 3.63) is 70.7 Å². The quantitative estimate of drug-likeness (QED) is 0.499. The smallest absolute Gasteiger partial charge is 0.344 e. The number of hydrazine groups is 1. The number of halogens is 1. The number of benzene rings is 2. The van der Waals surface area contributed by atoms with Gasteiger partial charge in [-0.15, -0.1) is 0 Å². The Kier molecular flexibility index (Phi) is 6.12. The molecule has 1 aliphatic carbocycles. The molecule has 0 aromatic heterocycles. The molecule has 2 aliphatic rings. The Morgan fingerprint density at radius 2 is 1.67 bits per heavy atom. The Labute approximate surface area is 196 Å². The van der Waals surface area contributed by atoms with Gasteiger partial charge in [0.1, 0.15) is 5.54 Å². The zero-order valence-corrected chi connectivity index (χ0v) is 18.9. The average molecular weight is 470 g/mol. The Hall–Kier alpha value is -3.39. The van der Waals surface area contributed by atoms with Gasteiger partial charge in [0, 0.05) is 5.02 Å². The largest absolute Gasteiger partial charge is 0.455 e. The van der Waals surface area contributed by atoms with Crippen molar-refractivity contribution in [2.24, 2.45) is 0 Å². The topological polar surface area (TPSA) is 105 Å². The fraction of sp³-hybridized carbons (Fsp3) is 0.333. The zero-order chi connectivity index (χ0) is 23.6. The van der Waals surface area contributed by atoms with Gasteiger partial charge in [0.2, 0.25) is 0 Å². The predicted molar refractivity (Wildman–Crippen MR) is 120 cm³/mol. The van der Waals surface area contributed by atoms with Gasteiger partial charge in [-0.1, -0.05) is 66.9 Å². The van der Waals surface area contributed by atoms with E-state index >= 15 is 0 Å². The highest BCUT2D eigenvalue weighted by Gasteiger charge is 2.50. The molecule has 2 fully saturated rings. The first-order valence-electron chi connectivity index (χ1n) is 10.7. The molecule has 4 rings (SSSR count). The van der Waals surface area contributed by atoms with Crippen molar-refractivity contribution >= 4 is 35.4 Å². The molecular weight excluding hydrogens is 446 g/mol. The van der Waals surface area contributed by atoms with Crippen molar-refractivity contribution in [2.45, 2.75) is 43.6 Å². The van der Waals surface area contributed by atoms with E-state index < -0.39 is 41.4 Å². The normalized spacial score (nSPS) is 21.6. The van der Waals surface area contributed by atoms with Crippen molar-refractivity contribution in [2.75, 3.05) is 6.61 Å². The van der Waals surface area contributed by atoms with Crippen LogP contribution in [0.4, 0.5) is 4.79 Å². The number of hydrogen-bond donors (Lipinski definition) is 2. The van der Waals surface area contributed by atoms with Crippen LogP contribution in [0.25, 0.3) is 0 Å². The van der Waals surface area contributed by atoms with Gasteiger partial charge in [0.25, 0.3) is 11.8 Å². The van der Waals surface area contributed by atoms with Gasteiger partial charge >= 0.3 is 12.0 Å². The summed E-state index contributed by atoms with van der Waals surface area (Å²) in [5.41, 5.74) is 1.47. The van der Waals surface area contributed by atoms with Gasteiger partial charge in [-0.25, -0.2) is 4.79 Å². The predicted octanol–water partition coefficient (Wildman–Crippen LogP) is 3.19. The molecule has 8 nitrogen and oxygen atoms in total. The number of imide groups is 1. The SMILES string of the molecule is CC1(c2ccccc2)NC(=O)N(NC(=O)COC(=O)C2(c3ccc(Cl)cc3)CCCC2)C1=O. The lowest BCUT2D eigenvalue weighted by Gasteiger charge is -2.27. The number of carbonyl (C=O) groups excluding carboxylic acids is 4. The van der Waals surface area contributed by atoms with Crippen molar-refractivity contribution in [1.29, 1.82) is 0 Å². The molecule has 1 saturated heterocycles. The number of carbonyl (C=O) groups is 4. The summed E-state index contributed by atoms with van der Waals surface area (Å²) in [6.45, 7) is 0.942. The Morgan fingerprint density at radius 1 is 1.03 bits per heavy atom. The van der Waals surface area contributed by atoms with Crippen molar-refractivity contribution < 1.29 is 23.9 Å². The van der Waals surface area contributed by atoms with Gasteiger partial charge < -0.3 is 10.1 Å². The molecule has 2 N–H and O–H groups in total. The second-order valence-electron chi connectivity index (χ2n) is 8.47. The lowest BCUT2D eigenvalue weighted by molar-refractivity contribution is -0.155. The molecule has 0 bridgehead atoms. The standard InChI is InChI=1S/C24H24ClN3O5/c1-23(16-7-3-2-4-8-16)20(30)28(22(32)26-23)27-19(29)15-33-21(31)24(13-5-6-14-24)17-9-11-18(25)12-10-17/h2-4,7-12H,5-6,13-15H2,1H3,(H,26,32)(H,27,29). The number of urea groups is 1. The van der Waals surface area contributed by atoms with Crippen LogP contribution < -0.4 is 10.7 Å². The van der Waals surface area contributed by atoms with E-state index in [0.29, 0.717) is 28.4 Å². The van der Waals surface area contributed by atoms with E-state index in [0.717, 1.165) is 18.4 Å².